The maximum absolute atomic E-state index is 5.23. The highest BCUT2D eigenvalue weighted by Gasteiger charge is 2.05. The molecule has 0 bridgehead atoms. The fourth-order valence-corrected chi connectivity index (χ4v) is 1.67. The Morgan fingerprint density at radius 1 is 1.27 bits per heavy atom. The summed E-state index contributed by atoms with van der Waals surface area (Å²) >= 11 is 0. The van der Waals surface area contributed by atoms with Crippen LogP contribution in [0.2, 0.25) is 0 Å². The summed E-state index contributed by atoms with van der Waals surface area (Å²) in [5.74, 6) is 2.53. The zero-order valence-corrected chi connectivity index (χ0v) is 9.83. The van der Waals surface area contributed by atoms with Crippen LogP contribution in [0.25, 0.3) is 6.08 Å². The Bertz CT molecular complexity index is 420. The quantitative estimate of drug-likeness (QED) is 0.662. The molecule has 1 aromatic rings. The van der Waals surface area contributed by atoms with E-state index in [2.05, 4.69) is 36.8 Å². The Labute approximate surface area is 92.4 Å². The van der Waals surface area contributed by atoms with Crippen LogP contribution in [0.1, 0.15) is 16.7 Å². The molecule has 1 heteroatoms. The van der Waals surface area contributed by atoms with Gasteiger partial charge in [-0.25, -0.2) is 0 Å². The standard InChI is InChI=1S/C14H17N/c1-6-7-8-13-12(3)9-11(2)10-14(13)15(4)5/h1,7-10H,2-5H3/b8-7-. The van der Waals surface area contributed by atoms with Crippen LogP contribution in [0.4, 0.5) is 5.69 Å². The Balaban J connectivity index is 3.34. The van der Waals surface area contributed by atoms with Crippen molar-refractivity contribution in [2.45, 2.75) is 13.8 Å². The molecule has 0 saturated carbocycles. The van der Waals surface area contributed by atoms with Crippen molar-refractivity contribution in [2.24, 2.45) is 0 Å². The molecule has 0 spiro atoms. The zero-order valence-electron chi connectivity index (χ0n) is 9.83. The van der Waals surface area contributed by atoms with E-state index in [4.69, 9.17) is 6.42 Å². The van der Waals surface area contributed by atoms with E-state index in [0.717, 1.165) is 0 Å². The third kappa shape index (κ3) is 2.63. The molecule has 0 aliphatic heterocycles. The van der Waals surface area contributed by atoms with Gasteiger partial charge < -0.3 is 4.90 Å². The predicted molar refractivity (Wildman–Crippen MR) is 68.1 cm³/mol. The lowest BCUT2D eigenvalue weighted by atomic mass is 10.0. The van der Waals surface area contributed by atoms with Gasteiger partial charge in [-0.15, -0.1) is 6.42 Å². The summed E-state index contributed by atoms with van der Waals surface area (Å²) < 4.78 is 0. The summed E-state index contributed by atoms with van der Waals surface area (Å²) in [6.07, 6.45) is 8.96. The van der Waals surface area contributed by atoms with Gasteiger partial charge in [0.05, 0.1) is 0 Å². The molecule has 0 unspecified atom stereocenters. The Morgan fingerprint density at radius 3 is 2.47 bits per heavy atom. The highest BCUT2D eigenvalue weighted by atomic mass is 15.1. The Kier molecular flexibility index (Phi) is 3.57. The van der Waals surface area contributed by atoms with Gasteiger partial charge in [0.1, 0.15) is 0 Å². The molecule has 0 aliphatic rings. The van der Waals surface area contributed by atoms with Gasteiger partial charge in [-0.1, -0.05) is 12.0 Å². The molecule has 1 rings (SSSR count). The smallest absolute Gasteiger partial charge is 0.0440 e. The molecule has 0 atom stereocenters. The summed E-state index contributed by atoms with van der Waals surface area (Å²) in [7, 11) is 4.09. The Morgan fingerprint density at radius 2 is 1.93 bits per heavy atom. The van der Waals surface area contributed by atoms with Crippen LogP contribution in [0.15, 0.2) is 18.2 Å². The van der Waals surface area contributed by atoms with Crippen LogP contribution in [-0.2, 0) is 0 Å². The monoisotopic (exact) mass is 199 g/mol. The fraction of sp³-hybridized carbons (Fsp3) is 0.286. The van der Waals surface area contributed by atoms with Crippen molar-refractivity contribution >= 4 is 11.8 Å². The lowest BCUT2D eigenvalue weighted by molar-refractivity contribution is 1.12. The summed E-state index contributed by atoms with van der Waals surface area (Å²) in [5, 5.41) is 0. The highest BCUT2D eigenvalue weighted by Crippen LogP contribution is 2.25. The number of hydrogen-bond donors (Lipinski definition) is 0. The van der Waals surface area contributed by atoms with Crippen LogP contribution in [0.5, 0.6) is 0 Å². The summed E-state index contributed by atoms with van der Waals surface area (Å²) in [5.41, 5.74) is 4.93. The van der Waals surface area contributed by atoms with E-state index in [1.54, 1.807) is 6.08 Å². The molecule has 15 heavy (non-hydrogen) atoms. The SMILES string of the molecule is C#C/C=C\c1c(C)cc(C)cc1N(C)C. The van der Waals surface area contributed by atoms with Crippen molar-refractivity contribution < 1.29 is 0 Å². The van der Waals surface area contributed by atoms with Gasteiger partial charge in [0.25, 0.3) is 0 Å². The molecule has 0 radical (unpaired) electrons. The average Bonchev–Trinajstić information content (AvgIpc) is 2.15. The number of hydrogen-bond acceptors (Lipinski definition) is 1. The largest absolute Gasteiger partial charge is 0.377 e. The second-order valence-electron chi connectivity index (χ2n) is 3.91. The topological polar surface area (TPSA) is 3.24 Å². The number of rotatable bonds is 2. The molecule has 1 aromatic carbocycles. The normalized spacial score (nSPS) is 10.3. The lowest BCUT2D eigenvalue weighted by Gasteiger charge is -2.18. The minimum atomic E-state index is 1.20. The summed E-state index contributed by atoms with van der Waals surface area (Å²) in [4.78, 5) is 2.11. The van der Waals surface area contributed by atoms with E-state index in [-0.39, 0.29) is 0 Å². The van der Waals surface area contributed by atoms with Gasteiger partial charge in [-0.2, -0.15) is 0 Å². The minimum absolute atomic E-state index is 1.20. The number of terminal acetylenes is 1. The highest BCUT2D eigenvalue weighted by molar-refractivity contribution is 5.72. The van der Waals surface area contributed by atoms with Crippen LogP contribution < -0.4 is 4.90 Å². The first-order valence-electron chi connectivity index (χ1n) is 4.97. The van der Waals surface area contributed by atoms with Crippen LogP contribution in [0, 0.1) is 26.2 Å². The van der Waals surface area contributed by atoms with Crippen molar-refractivity contribution in [3.8, 4) is 12.3 Å². The van der Waals surface area contributed by atoms with Crippen LogP contribution >= 0.6 is 0 Å². The van der Waals surface area contributed by atoms with Crippen molar-refractivity contribution in [1.29, 1.82) is 0 Å². The van der Waals surface area contributed by atoms with Crippen LogP contribution in [-0.4, -0.2) is 14.1 Å². The fourth-order valence-electron chi connectivity index (χ4n) is 1.67. The third-order valence-corrected chi connectivity index (χ3v) is 2.34. The molecule has 0 N–H and O–H groups in total. The minimum Gasteiger partial charge on any atom is -0.377 e. The van der Waals surface area contributed by atoms with Gasteiger partial charge in [-0.05, 0) is 43.2 Å². The van der Waals surface area contributed by atoms with Crippen molar-refractivity contribution in [2.75, 3.05) is 19.0 Å². The number of anilines is 1. The van der Waals surface area contributed by atoms with E-state index >= 15 is 0 Å². The lowest BCUT2D eigenvalue weighted by Crippen LogP contribution is -2.11. The average molecular weight is 199 g/mol. The number of allylic oxidation sites excluding steroid dienone is 1. The van der Waals surface area contributed by atoms with E-state index in [1.807, 2.05) is 20.2 Å². The Hall–Kier alpha value is -1.68. The molecule has 0 saturated heterocycles. The summed E-state index contributed by atoms with van der Waals surface area (Å²) in [6, 6.07) is 4.34. The van der Waals surface area contributed by atoms with E-state index < -0.39 is 0 Å². The molecule has 0 fully saturated rings. The third-order valence-electron chi connectivity index (χ3n) is 2.34. The van der Waals surface area contributed by atoms with E-state index in [1.165, 1.54) is 22.4 Å². The van der Waals surface area contributed by atoms with Gasteiger partial charge in [0.2, 0.25) is 0 Å². The van der Waals surface area contributed by atoms with Crippen molar-refractivity contribution in [1.82, 2.24) is 0 Å². The number of benzene rings is 1. The van der Waals surface area contributed by atoms with E-state index in [9.17, 15) is 0 Å². The van der Waals surface area contributed by atoms with Crippen LogP contribution in [0.3, 0.4) is 0 Å². The number of aryl methyl sites for hydroxylation is 2. The predicted octanol–water partition coefficient (Wildman–Crippen LogP) is 3.02. The van der Waals surface area contributed by atoms with Crippen molar-refractivity contribution in [3.63, 3.8) is 0 Å². The summed E-state index contributed by atoms with van der Waals surface area (Å²) in [6.45, 7) is 4.21. The maximum Gasteiger partial charge on any atom is 0.0440 e. The molecule has 1 nitrogen and oxygen atoms in total. The first kappa shape index (κ1) is 11.4. The number of nitrogens with zero attached hydrogens (tertiary/aromatic N) is 1. The van der Waals surface area contributed by atoms with Gasteiger partial charge in [0.15, 0.2) is 0 Å². The van der Waals surface area contributed by atoms with Gasteiger partial charge in [0, 0.05) is 25.3 Å². The molecule has 0 amide bonds. The first-order valence-corrected chi connectivity index (χ1v) is 4.97. The maximum atomic E-state index is 5.23. The first-order chi connectivity index (χ1) is 7.06. The second kappa shape index (κ2) is 4.70. The van der Waals surface area contributed by atoms with Crippen molar-refractivity contribution in [3.05, 3.63) is 34.9 Å². The molecule has 0 aromatic heterocycles. The molecule has 0 heterocycles. The van der Waals surface area contributed by atoms with E-state index in [0.29, 0.717) is 0 Å². The molecule has 78 valence electrons. The van der Waals surface area contributed by atoms with Gasteiger partial charge >= 0.3 is 0 Å². The zero-order chi connectivity index (χ0) is 11.4. The molecular weight excluding hydrogens is 182 g/mol. The van der Waals surface area contributed by atoms with Gasteiger partial charge in [-0.3, -0.25) is 0 Å². The molecular formula is C14H17N. The molecule has 0 aliphatic carbocycles. The second-order valence-corrected chi connectivity index (χ2v) is 3.91.